The Morgan fingerprint density at radius 3 is 2.34 bits per heavy atom. The summed E-state index contributed by atoms with van der Waals surface area (Å²) < 4.78 is -0.276. The van der Waals surface area contributed by atoms with E-state index < -0.39 is 23.7 Å². The van der Waals surface area contributed by atoms with Crippen LogP contribution in [0.5, 0.6) is 0 Å². The number of carbonyl (C=O) groups is 3. The quantitative estimate of drug-likeness (QED) is 0.498. The fourth-order valence-electron chi connectivity index (χ4n) is 5.57. The normalized spacial score (nSPS) is 27.6. The number of carboxylic acids is 1. The van der Waals surface area contributed by atoms with Crippen LogP contribution < -0.4 is 5.11 Å². The van der Waals surface area contributed by atoms with Gasteiger partial charge in [0.2, 0.25) is 0 Å². The molecule has 2 aliphatic rings. The lowest BCUT2D eigenvalue weighted by Crippen LogP contribution is -2.64. The van der Waals surface area contributed by atoms with Gasteiger partial charge in [-0.3, -0.25) is 4.79 Å². The largest absolute Gasteiger partial charge is 0.544 e. The van der Waals surface area contributed by atoms with E-state index in [1.165, 1.54) is 19.3 Å². The van der Waals surface area contributed by atoms with Gasteiger partial charge in [0, 0.05) is 18.8 Å². The molecule has 29 heavy (non-hydrogen) atoms. The van der Waals surface area contributed by atoms with Crippen LogP contribution in [0.1, 0.15) is 76.2 Å². The highest BCUT2D eigenvalue weighted by Gasteiger charge is 2.55. The summed E-state index contributed by atoms with van der Waals surface area (Å²) in [5.41, 5.74) is 0.903. The predicted molar refractivity (Wildman–Crippen MR) is 109 cm³/mol. The molecule has 5 nitrogen and oxygen atoms in total. The van der Waals surface area contributed by atoms with Crippen LogP contribution in [0.2, 0.25) is 0 Å². The summed E-state index contributed by atoms with van der Waals surface area (Å²) in [6, 6.07) is 8.46. The molecule has 1 heterocycles. The number of ketones is 1. The molecule has 1 aliphatic heterocycles. The SMILES string of the molecule is CCC[N+]1(C(=O)C(=O)CCC2CCCCC2)CCC(c2ccccc2)C1C(=O)[O-]. The second-order valence-electron chi connectivity index (χ2n) is 8.82. The lowest BCUT2D eigenvalue weighted by atomic mass is 9.85. The molecule has 0 spiro atoms. The number of carbonyl (C=O) groups excluding carboxylic acids is 3. The fraction of sp³-hybridized carbons (Fsp3) is 0.625. The van der Waals surface area contributed by atoms with Crippen LogP contribution in [-0.2, 0) is 14.4 Å². The molecule has 1 saturated heterocycles. The molecule has 0 aromatic heterocycles. The summed E-state index contributed by atoms with van der Waals surface area (Å²) in [5, 5.41) is 12.2. The van der Waals surface area contributed by atoms with Crippen molar-refractivity contribution < 1.29 is 24.0 Å². The van der Waals surface area contributed by atoms with E-state index in [-0.39, 0.29) is 16.8 Å². The zero-order valence-electron chi connectivity index (χ0n) is 17.5. The Bertz CT molecular complexity index is 726. The lowest BCUT2D eigenvalue weighted by Gasteiger charge is -2.38. The minimum Gasteiger partial charge on any atom is -0.544 e. The van der Waals surface area contributed by atoms with Crippen molar-refractivity contribution in [2.45, 2.75) is 76.7 Å². The first kappa shape index (κ1) is 21.7. The van der Waals surface area contributed by atoms with Crippen molar-refractivity contribution >= 4 is 17.7 Å². The third kappa shape index (κ3) is 4.61. The van der Waals surface area contributed by atoms with E-state index in [2.05, 4.69) is 0 Å². The van der Waals surface area contributed by atoms with E-state index in [0.29, 0.717) is 31.8 Å². The number of Topliss-reactive ketones (excluding diaryl/α,β-unsaturated/α-hetero) is 1. The summed E-state index contributed by atoms with van der Waals surface area (Å²) in [6.07, 6.45) is 8.13. The predicted octanol–water partition coefficient (Wildman–Crippen LogP) is 2.98. The van der Waals surface area contributed by atoms with E-state index in [4.69, 9.17) is 0 Å². The van der Waals surface area contributed by atoms with Crippen LogP contribution >= 0.6 is 0 Å². The zero-order chi connectivity index (χ0) is 20.9. The maximum atomic E-state index is 13.4. The molecule has 3 atom stereocenters. The first-order valence-electron chi connectivity index (χ1n) is 11.2. The van der Waals surface area contributed by atoms with Crippen LogP contribution in [0.25, 0.3) is 0 Å². The van der Waals surface area contributed by atoms with E-state index in [9.17, 15) is 19.5 Å². The van der Waals surface area contributed by atoms with E-state index in [0.717, 1.165) is 24.8 Å². The van der Waals surface area contributed by atoms with Crippen molar-refractivity contribution in [2.75, 3.05) is 13.1 Å². The van der Waals surface area contributed by atoms with E-state index in [1.807, 2.05) is 37.3 Å². The summed E-state index contributed by atoms with van der Waals surface area (Å²) in [4.78, 5) is 38.5. The Morgan fingerprint density at radius 1 is 1.03 bits per heavy atom. The number of nitrogens with zero attached hydrogens (tertiary/aromatic N) is 1. The Morgan fingerprint density at radius 2 is 1.72 bits per heavy atom. The molecule has 0 N–H and O–H groups in total. The van der Waals surface area contributed by atoms with Crippen LogP contribution in [0.4, 0.5) is 0 Å². The number of hydrogen-bond acceptors (Lipinski definition) is 4. The second kappa shape index (κ2) is 9.66. The molecule has 2 fully saturated rings. The number of amides is 1. The number of hydrogen-bond donors (Lipinski definition) is 0. The molecule has 1 amide bonds. The van der Waals surface area contributed by atoms with Crippen LogP contribution in [0.3, 0.4) is 0 Å². The fourth-order valence-corrected chi connectivity index (χ4v) is 5.57. The van der Waals surface area contributed by atoms with Gasteiger partial charge in [-0.05, 0) is 24.3 Å². The summed E-state index contributed by atoms with van der Waals surface area (Å²) in [6.45, 7) is 2.69. The van der Waals surface area contributed by atoms with Gasteiger partial charge < -0.3 is 9.90 Å². The van der Waals surface area contributed by atoms with Gasteiger partial charge in [0.25, 0.3) is 5.78 Å². The highest BCUT2D eigenvalue weighted by atomic mass is 16.4. The van der Waals surface area contributed by atoms with Crippen molar-refractivity contribution in [3.8, 4) is 0 Å². The topological polar surface area (TPSA) is 74.3 Å². The van der Waals surface area contributed by atoms with Gasteiger partial charge in [-0.25, -0.2) is 9.28 Å². The number of likely N-dealkylation sites (tertiary alicyclic amines) is 1. The molecular weight excluding hydrogens is 366 g/mol. The van der Waals surface area contributed by atoms with Crippen molar-refractivity contribution in [3.05, 3.63) is 35.9 Å². The highest BCUT2D eigenvalue weighted by molar-refractivity contribution is 6.33. The van der Waals surface area contributed by atoms with Crippen LogP contribution in [0, 0.1) is 5.92 Å². The first-order valence-corrected chi connectivity index (χ1v) is 11.2. The molecule has 0 radical (unpaired) electrons. The minimum atomic E-state index is -1.22. The number of rotatable bonds is 8. The molecule has 3 rings (SSSR count). The average Bonchev–Trinajstić information content (AvgIpc) is 3.13. The summed E-state index contributed by atoms with van der Waals surface area (Å²) in [7, 11) is 0. The molecular formula is C24H33NO4. The van der Waals surface area contributed by atoms with Gasteiger partial charge in [0.05, 0.1) is 13.1 Å². The average molecular weight is 400 g/mol. The maximum absolute atomic E-state index is 13.4. The zero-order valence-corrected chi connectivity index (χ0v) is 17.5. The van der Waals surface area contributed by atoms with E-state index >= 15 is 0 Å². The molecule has 1 saturated carbocycles. The molecule has 5 heteroatoms. The monoisotopic (exact) mass is 399 g/mol. The Labute approximate surface area is 173 Å². The van der Waals surface area contributed by atoms with Gasteiger partial charge in [-0.1, -0.05) is 69.4 Å². The van der Waals surface area contributed by atoms with Crippen molar-refractivity contribution in [1.29, 1.82) is 0 Å². The highest BCUT2D eigenvalue weighted by Crippen LogP contribution is 2.40. The number of quaternary nitrogens is 1. The Kier molecular flexibility index (Phi) is 7.23. The summed E-state index contributed by atoms with van der Waals surface area (Å²) in [5.74, 6) is -1.92. The molecule has 1 aromatic rings. The van der Waals surface area contributed by atoms with Crippen molar-refractivity contribution in [3.63, 3.8) is 0 Å². The smallest absolute Gasteiger partial charge is 0.382 e. The standard InChI is InChI=1S/C24H33NO4/c1-2-16-25(23(27)21(26)14-13-18-9-5-3-6-10-18)17-15-20(22(25)24(28)29)19-11-7-4-8-12-19/h4,7-8,11-12,18,20,22H,2-3,5-6,9-10,13-17H2,1H3. The molecule has 1 aromatic carbocycles. The first-order chi connectivity index (χ1) is 14.0. The summed E-state index contributed by atoms with van der Waals surface area (Å²) >= 11 is 0. The van der Waals surface area contributed by atoms with Gasteiger partial charge in [-0.2, -0.15) is 0 Å². The van der Waals surface area contributed by atoms with Crippen molar-refractivity contribution in [2.24, 2.45) is 5.92 Å². The molecule has 1 aliphatic carbocycles. The maximum Gasteiger partial charge on any atom is 0.382 e. The Balaban J connectivity index is 1.80. The number of benzene rings is 1. The molecule has 0 bridgehead atoms. The third-order valence-electron chi connectivity index (χ3n) is 6.99. The lowest BCUT2D eigenvalue weighted by molar-refractivity contribution is -0.858. The molecule has 3 unspecified atom stereocenters. The van der Waals surface area contributed by atoms with Crippen LogP contribution in [0.15, 0.2) is 30.3 Å². The molecule has 158 valence electrons. The van der Waals surface area contributed by atoms with E-state index in [1.54, 1.807) is 0 Å². The third-order valence-corrected chi connectivity index (χ3v) is 6.99. The van der Waals surface area contributed by atoms with Gasteiger partial charge in [0.1, 0.15) is 12.0 Å². The van der Waals surface area contributed by atoms with Crippen molar-refractivity contribution in [1.82, 2.24) is 0 Å². The van der Waals surface area contributed by atoms with Crippen LogP contribution in [-0.4, -0.2) is 41.3 Å². The van der Waals surface area contributed by atoms with Gasteiger partial charge in [0.15, 0.2) is 0 Å². The Hall–Kier alpha value is -2.01. The van der Waals surface area contributed by atoms with Gasteiger partial charge in [-0.15, -0.1) is 0 Å². The number of carboxylic acid groups (broad SMARTS) is 1. The van der Waals surface area contributed by atoms with Gasteiger partial charge >= 0.3 is 5.91 Å². The minimum absolute atomic E-state index is 0.239. The number of aliphatic carboxylic acids is 1. The second-order valence-corrected chi connectivity index (χ2v) is 8.82.